The highest BCUT2D eigenvalue weighted by Crippen LogP contribution is 2.17. The minimum absolute atomic E-state index is 0.0728. The van der Waals surface area contributed by atoms with Crippen LogP contribution in [0.3, 0.4) is 0 Å². The van der Waals surface area contributed by atoms with E-state index in [1.807, 2.05) is 0 Å². The molecule has 0 saturated carbocycles. The smallest absolute Gasteiger partial charge is 0.306 e. The molecule has 0 amide bonds. The van der Waals surface area contributed by atoms with Crippen LogP contribution in [-0.2, 0) is 28.6 Å². The van der Waals surface area contributed by atoms with Crippen molar-refractivity contribution < 1.29 is 28.6 Å². The molecule has 0 rings (SSSR count). The van der Waals surface area contributed by atoms with Gasteiger partial charge >= 0.3 is 17.9 Å². The zero-order valence-electron chi connectivity index (χ0n) is 51.7. The Hall–Kier alpha value is -3.41. The maximum Gasteiger partial charge on any atom is 0.306 e. The fourth-order valence-corrected chi connectivity index (χ4v) is 9.62. The van der Waals surface area contributed by atoms with Crippen molar-refractivity contribution >= 4 is 17.9 Å². The minimum Gasteiger partial charge on any atom is -0.462 e. The standard InChI is InChI=1S/C72H126O6/c1-4-7-10-13-16-18-20-22-24-26-28-29-30-31-32-33-34-35-36-37-38-39-40-41-42-43-45-46-48-50-52-54-56-59-62-65-71(74)77-68-69(67-76-70(73)64-61-58-15-12-9-6-3)78-72(75)66-63-60-57-55-53-51-49-47-44-27-25-23-21-19-17-14-11-8-5-2/h7,10,16,18,22-25,28-29,31-32,34-35,69H,4-6,8-9,11-15,17,19-21,26-27,30,33,36-68H2,1-3H3/b10-7-,18-16-,24-22-,25-23-,29-28-,32-31-,35-34-. The number of allylic oxidation sites excluding steroid dienone is 14. The van der Waals surface area contributed by atoms with Gasteiger partial charge in [-0.25, -0.2) is 0 Å². The highest BCUT2D eigenvalue weighted by Gasteiger charge is 2.19. The average molecular weight is 1090 g/mol. The van der Waals surface area contributed by atoms with Crippen LogP contribution in [0.4, 0.5) is 0 Å². The lowest BCUT2D eigenvalue weighted by atomic mass is 10.0. The van der Waals surface area contributed by atoms with E-state index in [9.17, 15) is 14.4 Å². The van der Waals surface area contributed by atoms with Crippen molar-refractivity contribution in [2.24, 2.45) is 0 Å². The van der Waals surface area contributed by atoms with Crippen molar-refractivity contribution in [3.63, 3.8) is 0 Å². The van der Waals surface area contributed by atoms with Gasteiger partial charge in [0, 0.05) is 19.3 Å². The Bertz CT molecular complexity index is 1480. The fourth-order valence-electron chi connectivity index (χ4n) is 9.62. The third kappa shape index (κ3) is 63.4. The number of hydrogen-bond acceptors (Lipinski definition) is 6. The maximum atomic E-state index is 12.8. The molecule has 1 unspecified atom stereocenters. The largest absolute Gasteiger partial charge is 0.462 e. The first kappa shape index (κ1) is 74.6. The molecule has 0 fully saturated rings. The molecule has 0 aromatic heterocycles. The Morgan fingerprint density at radius 3 is 0.795 bits per heavy atom. The summed E-state index contributed by atoms with van der Waals surface area (Å²) < 4.78 is 16.8. The lowest BCUT2D eigenvalue weighted by Crippen LogP contribution is -2.30. The molecule has 450 valence electrons. The normalized spacial score (nSPS) is 12.6. The first-order chi connectivity index (χ1) is 38.5. The first-order valence-corrected chi connectivity index (χ1v) is 33.6. The maximum absolute atomic E-state index is 12.8. The van der Waals surface area contributed by atoms with E-state index >= 15 is 0 Å². The van der Waals surface area contributed by atoms with Crippen molar-refractivity contribution in [1.82, 2.24) is 0 Å². The number of esters is 3. The minimum atomic E-state index is -0.772. The number of rotatable bonds is 61. The Morgan fingerprint density at radius 2 is 0.500 bits per heavy atom. The summed E-state index contributed by atoms with van der Waals surface area (Å²) in [5, 5.41) is 0. The van der Waals surface area contributed by atoms with Crippen molar-refractivity contribution in [3.8, 4) is 0 Å². The van der Waals surface area contributed by atoms with Gasteiger partial charge in [-0.2, -0.15) is 0 Å². The molecule has 0 aromatic rings. The van der Waals surface area contributed by atoms with Gasteiger partial charge in [-0.15, -0.1) is 0 Å². The van der Waals surface area contributed by atoms with E-state index in [0.29, 0.717) is 19.3 Å². The van der Waals surface area contributed by atoms with Crippen LogP contribution in [0.5, 0.6) is 0 Å². The molecule has 0 heterocycles. The molecule has 0 saturated heterocycles. The van der Waals surface area contributed by atoms with Gasteiger partial charge in [-0.05, 0) is 96.3 Å². The summed E-state index contributed by atoms with van der Waals surface area (Å²) in [5.41, 5.74) is 0. The topological polar surface area (TPSA) is 78.9 Å². The van der Waals surface area contributed by atoms with E-state index in [0.717, 1.165) is 96.3 Å². The molecular formula is C72H126O6. The first-order valence-electron chi connectivity index (χ1n) is 33.6. The second-order valence-corrected chi connectivity index (χ2v) is 22.4. The van der Waals surface area contributed by atoms with Gasteiger partial charge < -0.3 is 14.2 Å². The number of carbonyl (C=O) groups excluding carboxylic acids is 3. The molecule has 6 heteroatoms. The lowest BCUT2D eigenvalue weighted by molar-refractivity contribution is -0.167. The summed E-state index contributed by atoms with van der Waals surface area (Å²) in [5.74, 6) is -0.870. The van der Waals surface area contributed by atoms with Crippen molar-refractivity contribution in [2.75, 3.05) is 13.2 Å². The van der Waals surface area contributed by atoms with E-state index < -0.39 is 6.10 Å². The fraction of sp³-hybridized carbons (Fsp3) is 0.764. The highest BCUT2D eigenvalue weighted by molar-refractivity contribution is 5.71. The van der Waals surface area contributed by atoms with Crippen molar-refractivity contribution in [3.05, 3.63) is 85.1 Å². The van der Waals surface area contributed by atoms with E-state index in [1.54, 1.807) is 0 Å². The van der Waals surface area contributed by atoms with Crippen LogP contribution < -0.4 is 0 Å². The summed E-state index contributed by atoms with van der Waals surface area (Å²) >= 11 is 0. The Balaban J connectivity index is 3.98. The summed E-state index contributed by atoms with van der Waals surface area (Å²) in [4.78, 5) is 38.0. The highest BCUT2D eigenvalue weighted by atomic mass is 16.6. The van der Waals surface area contributed by atoms with Crippen LogP contribution in [0.2, 0.25) is 0 Å². The average Bonchev–Trinajstić information content (AvgIpc) is 3.44. The van der Waals surface area contributed by atoms with Crippen LogP contribution in [0.15, 0.2) is 85.1 Å². The molecule has 0 aliphatic rings. The Morgan fingerprint density at radius 1 is 0.269 bits per heavy atom. The second-order valence-electron chi connectivity index (χ2n) is 22.4. The predicted molar refractivity (Wildman–Crippen MR) is 339 cm³/mol. The Kier molecular flexibility index (Phi) is 63.2. The zero-order valence-corrected chi connectivity index (χ0v) is 51.7. The molecule has 0 spiro atoms. The van der Waals surface area contributed by atoms with Crippen LogP contribution in [0.25, 0.3) is 0 Å². The molecule has 0 aliphatic heterocycles. The van der Waals surface area contributed by atoms with E-state index in [2.05, 4.69) is 106 Å². The molecule has 78 heavy (non-hydrogen) atoms. The third-order valence-corrected chi connectivity index (χ3v) is 14.6. The summed E-state index contributed by atoms with van der Waals surface area (Å²) in [6.07, 6.45) is 87.9. The molecule has 0 bridgehead atoms. The third-order valence-electron chi connectivity index (χ3n) is 14.6. The number of carbonyl (C=O) groups is 3. The van der Waals surface area contributed by atoms with Gasteiger partial charge in [0.15, 0.2) is 6.10 Å². The van der Waals surface area contributed by atoms with Crippen LogP contribution in [-0.4, -0.2) is 37.2 Å². The van der Waals surface area contributed by atoms with Crippen LogP contribution in [0.1, 0.15) is 335 Å². The van der Waals surface area contributed by atoms with Gasteiger partial charge in [0.2, 0.25) is 0 Å². The zero-order chi connectivity index (χ0) is 56.4. The Labute approximate surface area is 484 Å². The van der Waals surface area contributed by atoms with Gasteiger partial charge in [-0.1, -0.05) is 305 Å². The summed E-state index contributed by atoms with van der Waals surface area (Å²) in [6, 6.07) is 0. The van der Waals surface area contributed by atoms with E-state index in [4.69, 9.17) is 14.2 Å². The molecule has 6 nitrogen and oxygen atoms in total. The van der Waals surface area contributed by atoms with Crippen LogP contribution >= 0.6 is 0 Å². The molecular weight excluding hydrogens is 961 g/mol. The van der Waals surface area contributed by atoms with Gasteiger partial charge in [-0.3, -0.25) is 14.4 Å². The monoisotopic (exact) mass is 1090 g/mol. The molecule has 0 N–H and O–H groups in total. The van der Waals surface area contributed by atoms with E-state index in [-0.39, 0.29) is 31.1 Å². The van der Waals surface area contributed by atoms with E-state index in [1.165, 1.54) is 199 Å². The predicted octanol–water partition coefficient (Wildman–Crippen LogP) is 23.1. The summed E-state index contributed by atoms with van der Waals surface area (Å²) in [7, 11) is 0. The van der Waals surface area contributed by atoms with Gasteiger partial charge in [0.25, 0.3) is 0 Å². The SMILES string of the molecule is CC/C=C\C/C=C\C/C=C\C/C=C\C/C=C\C/C=C\CCCCCCCCCCCCCCCCCCC(=O)OCC(COC(=O)CCCCCCCC)OC(=O)CCCCCCCCCCC/C=C\CCCCCCCC. The second kappa shape index (κ2) is 66.1. The van der Waals surface area contributed by atoms with Crippen LogP contribution in [0, 0.1) is 0 Å². The quantitative estimate of drug-likeness (QED) is 0.0261. The molecule has 0 aromatic carbocycles. The molecule has 0 radical (unpaired) electrons. The lowest BCUT2D eigenvalue weighted by Gasteiger charge is -2.18. The summed E-state index contributed by atoms with van der Waals surface area (Å²) in [6.45, 7) is 6.50. The van der Waals surface area contributed by atoms with Gasteiger partial charge in [0.05, 0.1) is 0 Å². The van der Waals surface area contributed by atoms with Crippen molar-refractivity contribution in [2.45, 2.75) is 341 Å². The van der Waals surface area contributed by atoms with Gasteiger partial charge in [0.1, 0.15) is 13.2 Å². The number of ether oxygens (including phenoxy) is 3. The molecule has 0 aliphatic carbocycles. The number of unbranched alkanes of at least 4 members (excludes halogenated alkanes) is 36. The van der Waals surface area contributed by atoms with Crippen molar-refractivity contribution in [1.29, 1.82) is 0 Å². The molecule has 1 atom stereocenters. The number of hydrogen-bond donors (Lipinski definition) is 0.